The van der Waals surface area contributed by atoms with Gasteiger partial charge in [-0.25, -0.2) is 14.8 Å². The lowest BCUT2D eigenvalue weighted by atomic mass is 10.00. The average molecular weight is 404 g/mol. The van der Waals surface area contributed by atoms with Crippen molar-refractivity contribution in [3.05, 3.63) is 47.4 Å². The van der Waals surface area contributed by atoms with Gasteiger partial charge in [-0.15, -0.1) is 0 Å². The summed E-state index contributed by atoms with van der Waals surface area (Å²) >= 11 is 0. The third kappa shape index (κ3) is 4.06. The monoisotopic (exact) mass is 404 g/mol. The zero-order chi connectivity index (χ0) is 20.5. The van der Waals surface area contributed by atoms with Gasteiger partial charge in [-0.3, -0.25) is 0 Å². The zero-order valence-electron chi connectivity index (χ0n) is 16.2. The van der Waals surface area contributed by atoms with Gasteiger partial charge in [-0.1, -0.05) is 18.6 Å². The summed E-state index contributed by atoms with van der Waals surface area (Å²) in [5.41, 5.74) is 2.04. The van der Waals surface area contributed by atoms with Gasteiger partial charge < -0.3 is 5.11 Å². The zero-order valence-corrected chi connectivity index (χ0v) is 17.0. The molecule has 2 heterocycles. The summed E-state index contributed by atoms with van der Waals surface area (Å²) < 4.78 is 28.3. The quantitative estimate of drug-likeness (QED) is 0.821. The molecule has 1 aliphatic heterocycles. The number of aromatic nitrogens is 2. The first-order valence-corrected chi connectivity index (χ1v) is 10.5. The van der Waals surface area contributed by atoms with Crippen LogP contribution in [-0.4, -0.2) is 58.7 Å². The minimum atomic E-state index is -3.58. The fraction of sp³-hybridized carbons (Fsp3) is 0.421. The topological polar surface area (TPSA) is 104 Å². The van der Waals surface area contributed by atoms with Crippen molar-refractivity contribution in [3.63, 3.8) is 0 Å². The van der Waals surface area contributed by atoms with Crippen molar-refractivity contribution < 1.29 is 18.3 Å². The molecule has 1 saturated heterocycles. The molecule has 0 radical (unpaired) electrons. The van der Waals surface area contributed by atoms with E-state index in [2.05, 4.69) is 9.97 Å². The first-order valence-electron chi connectivity index (χ1n) is 9.09. The second-order valence-corrected chi connectivity index (χ2v) is 9.12. The lowest BCUT2D eigenvalue weighted by molar-refractivity contribution is 0.0697. The van der Waals surface area contributed by atoms with E-state index in [-0.39, 0.29) is 11.6 Å². The normalized spacial score (nSPS) is 18.4. The molecule has 0 amide bonds. The summed E-state index contributed by atoms with van der Waals surface area (Å²) in [4.78, 5) is 20.2. The Morgan fingerprint density at radius 3 is 2.64 bits per heavy atom. The molecule has 0 spiro atoms. The largest absolute Gasteiger partial charge is 0.478 e. The van der Waals surface area contributed by atoms with Crippen LogP contribution < -0.4 is 0 Å². The average Bonchev–Trinajstić information content (AvgIpc) is 2.67. The molecule has 1 N–H and O–H groups in total. The first kappa shape index (κ1) is 20.4. The second kappa shape index (κ2) is 7.94. The van der Waals surface area contributed by atoms with Crippen LogP contribution in [0.4, 0.5) is 0 Å². The second-order valence-electron chi connectivity index (χ2n) is 7.02. The van der Waals surface area contributed by atoms with Crippen LogP contribution in [-0.2, 0) is 10.2 Å². The fourth-order valence-corrected chi connectivity index (χ4v) is 4.72. The molecule has 2 aromatic rings. The highest BCUT2D eigenvalue weighted by Gasteiger charge is 2.35. The number of carboxylic acids is 1. The van der Waals surface area contributed by atoms with E-state index < -0.39 is 16.2 Å². The van der Waals surface area contributed by atoms with E-state index in [9.17, 15) is 18.3 Å². The Morgan fingerprint density at radius 2 is 1.96 bits per heavy atom. The van der Waals surface area contributed by atoms with E-state index in [1.165, 1.54) is 28.8 Å². The Bertz CT molecular complexity index is 991. The highest BCUT2D eigenvalue weighted by Crippen LogP contribution is 2.34. The van der Waals surface area contributed by atoms with E-state index in [1.807, 2.05) is 0 Å². The van der Waals surface area contributed by atoms with Crippen LogP contribution in [0.2, 0.25) is 0 Å². The Balaban J connectivity index is 2.05. The summed E-state index contributed by atoms with van der Waals surface area (Å²) in [5, 5.41) is 9.23. The van der Waals surface area contributed by atoms with E-state index in [4.69, 9.17) is 0 Å². The van der Waals surface area contributed by atoms with E-state index in [0.29, 0.717) is 35.7 Å². The highest BCUT2D eigenvalue weighted by molar-refractivity contribution is 7.86. The van der Waals surface area contributed by atoms with Crippen molar-refractivity contribution in [1.82, 2.24) is 18.6 Å². The molecule has 1 unspecified atom stereocenters. The van der Waals surface area contributed by atoms with Crippen molar-refractivity contribution in [2.24, 2.45) is 0 Å². The smallest absolute Gasteiger partial charge is 0.335 e. The van der Waals surface area contributed by atoms with Crippen LogP contribution in [0, 0.1) is 6.92 Å². The van der Waals surface area contributed by atoms with Crippen molar-refractivity contribution in [3.8, 4) is 11.3 Å². The van der Waals surface area contributed by atoms with E-state index >= 15 is 0 Å². The number of nitrogens with zero attached hydrogens (tertiary/aromatic N) is 4. The van der Waals surface area contributed by atoms with Gasteiger partial charge in [0.2, 0.25) is 0 Å². The lowest BCUT2D eigenvalue weighted by Crippen LogP contribution is -2.44. The van der Waals surface area contributed by atoms with Gasteiger partial charge in [0.1, 0.15) is 5.82 Å². The fourth-order valence-electron chi connectivity index (χ4n) is 3.41. The Morgan fingerprint density at radius 1 is 1.21 bits per heavy atom. The Kier molecular flexibility index (Phi) is 5.78. The lowest BCUT2D eigenvalue weighted by Gasteiger charge is -2.36. The van der Waals surface area contributed by atoms with Gasteiger partial charge in [0.05, 0.1) is 23.0 Å². The van der Waals surface area contributed by atoms with Gasteiger partial charge in [-0.2, -0.15) is 17.0 Å². The van der Waals surface area contributed by atoms with Crippen LogP contribution in [0.5, 0.6) is 0 Å². The van der Waals surface area contributed by atoms with Gasteiger partial charge in [0.25, 0.3) is 10.2 Å². The highest BCUT2D eigenvalue weighted by atomic mass is 32.2. The third-order valence-corrected chi connectivity index (χ3v) is 6.77. The molecule has 0 aliphatic carbocycles. The molecule has 28 heavy (non-hydrogen) atoms. The van der Waals surface area contributed by atoms with Crippen molar-refractivity contribution in [2.75, 3.05) is 20.6 Å². The first-order chi connectivity index (χ1) is 13.2. The van der Waals surface area contributed by atoms with Crippen LogP contribution in [0.25, 0.3) is 11.3 Å². The van der Waals surface area contributed by atoms with Crippen molar-refractivity contribution in [2.45, 2.75) is 32.2 Å². The number of carbonyl (C=O) groups is 1. The molecule has 1 aliphatic rings. The molecule has 150 valence electrons. The molecular weight excluding hydrogens is 380 g/mol. The predicted octanol–water partition coefficient (Wildman–Crippen LogP) is 2.48. The molecule has 8 nitrogen and oxygen atoms in total. The van der Waals surface area contributed by atoms with Crippen LogP contribution >= 0.6 is 0 Å². The summed E-state index contributed by atoms with van der Waals surface area (Å²) in [5.74, 6) is -0.496. The molecule has 3 rings (SSSR count). The maximum Gasteiger partial charge on any atom is 0.335 e. The molecule has 1 fully saturated rings. The standard InChI is InChI=1S/C19H24N4O4S/c1-13-20-16(14-7-6-8-15(11-14)19(24)25)12-17(21-13)18-9-4-5-10-23(18)28(26,27)22(2)3/h6-8,11-12,18H,4-5,9-10H2,1-3H3,(H,24,25). The van der Waals surface area contributed by atoms with Crippen LogP contribution in [0.1, 0.15) is 47.2 Å². The predicted molar refractivity (Wildman–Crippen MR) is 105 cm³/mol. The Labute approximate surface area is 165 Å². The number of piperidine rings is 1. The number of benzene rings is 1. The number of hydrogen-bond donors (Lipinski definition) is 1. The van der Waals surface area contributed by atoms with E-state index in [1.54, 1.807) is 31.2 Å². The molecule has 0 bridgehead atoms. The summed E-state index contributed by atoms with van der Waals surface area (Å²) in [7, 11) is -0.531. The van der Waals surface area contributed by atoms with Gasteiger partial charge in [0.15, 0.2) is 0 Å². The third-order valence-electron chi connectivity index (χ3n) is 4.82. The minimum Gasteiger partial charge on any atom is -0.478 e. The van der Waals surface area contributed by atoms with Gasteiger partial charge in [-0.05, 0) is 38.0 Å². The minimum absolute atomic E-state index is 0.171. The molecule has 0 saturated carbocycles. The number of carboxylic acid groups (broad SMARTS) is 1. The molecular formula is C19H24N4O4S. The number of aryl methyl sites for hydroxylation is 1. The van der Waals surface area contributed by atoms with Crippen LogP contribution in [0.15, 0.2) is 30.3 Å². The van der Waals surface area contributed by atoms with E-state index in [0.717, 1.165) is 12.8 Å². The van der Waals surface area contributed by atoms with Gasteiger partial charge in [0, 0.05) is 26.2 Å². The SMILES string of the molecule is Cc1nc(-c2cccc(C(=O)O)c2)cc(C2CCCCN2S(=O)(=O)N(C)C)n1. The van der Waals surface area contributed by atoms with Gasteiger partial charge >= 0.3 is 5.97 Å². The molecule has 9 heteroatoms. The summed E-state index contributed by atoms with van der Waals surface area (Å²) in [6.07, 6.45) is 2.40. The number of aromatic carboxylic acids is 1. The summed E-state index contributed by atoms with van der Waals surface area (Å²) in [6, 6.07) is 7.93. The molecule has 1 atom stereocenters. The van der Waals surface area contributed by atoms with Crippen LogP contribution in [0.3, 0.4) is 0 Å². The molecule has 1 aromatic heterocycles. The maximum atomic E-state index is 12.8. The Hall–Kier alpha value is -2.36. The summed E-state index contributed by atoms with van der Waals surface area (Å²) in [6.45, 7) is 2.19. The van der Waals surface area contributed by atoms with Crippen molar-refractivity contribution >= 4 is 16.2 Å². The molecule has 1 aromatic carbocycles. The number of hydrogen-bond acceptors (Lipinski definition) is 5. The maximum absolute atomic E-state index is 12.8. The van der Waals surface area contributed by atoms with Crippen molar-refractivity contribution in [1.29, 1.82) is 0 Å². The number of rotatable bonds is 5.